The van der Waals surface area contributed by atoms with Gasteiger partial charge in [0.25, 0.3) is 0 Å². The third-order valence-corrected chi connectivity index (χ3v) is 2.90. The highest BCUT2D eigenvalue weighted by molar-refractivity contribution is 5.52. The smallest absolute Gasteiger partial charge is 0.0540 e. The molecule has 0 heterocycles. The summed E-state index contributed by atoms with van der Waals surface area (Å²) in [7, 11) is 0. The molecule has 0 aliphatic heterocycles. The third kappa shape index (κ3) is 3.81. The summed E-state index contributed by atoms with van der Waals surface area (Å²) in [5, 5.41) is 0. The van der Waals surface area contributed by atoms with E-state index in [1.54, 1.807) is 0 Å². The van der Waals surface area contributed by atoms with Crippen LogP contribution in [-0.4, -0.2) is 0 Å². The molecule has 2 nitrogen and oxygen atoms in total. The van der Waals surface area contributed by atoms with Gasteiger partial charge >= 0.3 is 0 Å². The van der Waals surface area contributed by atoms with Gasteiger partial charge in [-0.1, -0.05) is 43.7 Å². The summed E-state index contributed by atoms with van der Waals surface area (Å²) in [6.45, 7) is 2.22. The van der Waals surface area contributed by atoms with Gasteiger partial charge in [-0.2, -0.15) is 0 Å². The molecule has 2 aromatic rings. The normalized spacial score (nSPS) is 10.1. The Morgan fingerprint density at radius 1 is 0.778 bits per heavy atom. The van der Waals surface area contributed by atoms with E-state index in [1.807, 2.05) is 30.3 Å². The minimum atomic E-state index is 1.06. The average molecular weight is 240 g/mol. The Labute approximate surface area is 109 Å². The van der Waals surface area contributed by atoms with E-state index in [-0.39, 0.29) is 0 Å². The molecule has 0 aromatic heterocycles. The van der Waals surface area contributed by atoms with Crippen LogP contribution in [0.1, 0.15) is 25.3 Å². The molecule has 0 amide bonds. The van der Waals surface area contributed by atoms with Crippen molar-refractivity contribution in [3.05, 3.63) is 60.2 Å². The van der Waals surface area contributed by atoms with Crippen molar-refractivity contribution < 1.29 is 0 Å². The zero-order valence-electron chi connectivity index (χ0n) is 10.8. The number of para-hydroxylation sites is 1. The van der Waals surface area contributed by atoms with Crippen molar-refractivity contribution in [2.45, 2.75) is 26.2 Å². The van der Waals surface area contributed by atoms with Crippen LogP contribution in [0.25, 0.3) is 0 Å². The summed E-state index contributed by atoms with van der Waals surface area (Å²) in [6, 6.07) is 18.7. The van der Waals surface area contributed by atoms with Crippen LogP contribution in [0.2, 0.25) is 0 Å². The van der Waals surface area contributed by atoms with Gasteiger partial charge in [-0.3, -0.25) is 0 Å². The van der Waals surface area contributed by atoms with Gasteiger partial charge in [-0.05, 0) is 42.7 Å². The number of unbranched alkanes of at least 4 members (excludes halogenated alkanes) is 1. The second kappa shape index (κ2) is 6.70. The Bertz CT molecular complexity index is 448. The monoisotopic (exact) mass is 240 g/mol. The summed E-state index contributed by atoms with van der Waals surface area (Å²) in [5.41, 5.74) is 9.92. The van der Waals surface area contributed by atoms with Crippen molar-refractivity contribution in [2.75, 3.05) is 10.9 Å². The summed E-state index contributed by atoms with van der Waals surface area (Å²) in [4.78, 5) is 0. The number of hydrogen-bond donors (Lipinski definition) is 2. The lowest BCUT2D eigenvalue weighted by molar-refractivity contribution is 0.795. The highest BCUT2D eigenvalue weighted by Crippen LogP contribution is 2.12. The quantitative estimate of drug-likeness (QED) is 0.728. The van der Waals surface area contributed by atoms with Crippen molar-refractivity contribution in [1.82, 2.24) is 0 Å². The van der Waals surface area contributed by atoms with Gasteiger partial charge in [0.2, 0.25) is 0 Å². The largest absolute Gasteiger partial charge is 0.301 e. The molecule has 2 heteroatoms. The average Bonchev–Trinajstić information content (AvgIpc) is 2.45. The van der Waals surface area contributed by atoms with Gasteiger partial charge in [0.15, 0.2) is 0 Å². The number of benzene rings is 2. The van der Waals surface area contributed by atoms with Crippen LogP contribution in [0.4, 0.5) is 11.4 Å². The molecule has 0 atom stereocenters. The molecule has 2 aromatic carbocycles. The highest BCUT2D eigenvalue weighted by Gasteiger charge is 1.94. The standard InChI is InChI=1S/C16H20N2/c1-2-3-7-14-10-12-16(13-11-14)18-17-15-8-5-4-6-9-15/h4-6,8-13,17-18H,2-3,7H2,1H3. The first-order valence-corrected chi connectivity index (χ1v) is 6.54. The van der Waals surface area contributed by atoms with Gasteiger partial charge < -0.3 is 10.9 Å². The molecule has 0 radical (unpaired) electrons. The van der Waals surface area contributed by atoms with Crippen LogP contribution >= 0.6 is 0 Å². The maximum atomic E-state index is 3.19. The maximum Gasteiger partial charge on any atom is 0.0540 e. The minimum Gasteiger partial charge on any atom is -0.301 e. The number of nitrogens with one attached hydrogen (secondary N) is 2. The molecule has 2 N–H and O–H groups in total. The molecule has 0 bridgehead atoms. The number of anilines is 2. The molecule has 0 unspecified atom stereocenters. The summed E-state index contributed by atoms with van der Waals surface area (Å²) >= 11 is 0. The van der Waals surface area contributed by atoms with E-state index in [4.69, 9.17) is 0 Å². The summed E-state index contributed by atoms with van der Waals surface area (Å²) in [5.74, 6) is 0. The minimum absolute atomic E-state index is 1.06. The topological polar surface area (TPSA) is 24.1 Å². The van der Waals surface area contributed by atoms with Gasteiger partial charge in [0, 0.05) is 0 Å². The molecular formula is C16H20N2. The van der Waals surface area contributed by atoms with E-state index in [1.165, 1.54) is 24.8 Å². The lowest BCUT2D eigenvalue weighted by atomic mass is 10.1. The van der Waals surface area contributed by atoms with Crippen LogP contribution in [-0.2, 0) is 6.42 Å². The molecule has 0 aliphatic rings. The van der Waals surface area contributed by atoms with Crippen molar-refractivity contribution in [2.24, 2.45) is 0 Å². The third-order valence-electron chi connectivity index (χ3n) is 2.90. The van der Waals surface area contributed by atoms with Crippen molar-refractivity contribution in [1.29, 1.82) is 0 Å². The molecule has 18 heavy (non-hydrogen) atoms. The second-order valence-corrected chi connectivity index (χ2v) is 4.42. The zero-order valence-corrected chi connectivity index (χ0v) is 10.8. The molecule has 0 aliphatic carbocycles. The van der Waals surface area contributed by atoms with E-state index in [9.17, 15) is 0 Å². The number of aryl methyl sites for hydroxylation is 1. The van der Waals surface area contributed by atoms with E-state index in [0.29, 0.717) is 0 Å². The number of rotatable bonds is 6. The predicted molar refractivity (Wildman–Crippen MR) is 78.7 cm³/mol. The molecule has 0 saturated heterocycles. The first kappa shape index (κ1) is 12.5. The highest BCUT2D eigenvalue weighted by atomic mass is 15.4. The van der Waals surface area contributed by atoms with Gasteiger partial charge in [0.1, 0.15) is 0 Å². The van der Waals surface area contributed by atoms with Crippen molar-refractivity contribution >= 4 is 11.4 Å². The van der Waals surface area contributed by atoms with Crippen LogP contribution in [0.5, 0.6) is 0 Å². The lowest BCUT2D eigenvalue weighted by Gasteiger charge is -2.10. The van der Waals surface area contributed by atoms with Crippen LogP contribution < -0.4 is 10.9 Å². The Morgan fingerprint density at radius 2 is 1.39 bits per heavy atom. The van der Waals surface area contributed by atoms with E-state index >= 15 is 0 Å². The number of hydrogen-bond acceptors (Lipinski definition) is 2. The zero-order chi connectivity index (χ0) is 12.6. The van der Waals surface area contributed by atoms with Crippen LogP contribution in [0.15, 0.2) is 54.6 Å². The van der Waals surface area contributed by atoms with Crippen molar-refractivity contribution in [3.63, 3.8) is 0 Å². The lowest BCUT2D eigenvalue weighted by Crippen LogP contribution is -2.08. The Hall–Kier alpha value is -1.96. The molecule has 2 rings (SSSR count). The fourth-order valence-corrected chi connectivity index (χ4v) is 1.80. The van der Waals surface area contributed by atoms with E-state index in [2.05, 4.69) is 42.0 Å². The Balaban J connectivity index is 1.86. The SMILES string of the molecule is CCCCc1ccc(NNc2ccccc2)cc1. The van der Waals surface area contributed by atoms with E-state index < -0.39 is 0 Å². The molecular weight excluding hydrogens is 220 g/mol. The van der Waals surface area contributed by atoms with Crippen LogP contribution in [0, 0.1) is 0 Å². The second-order valence-electron chi connectivity index (χ2n) is 4.42. The first-order chi connectivity index (χ1) is 8.88. The van der Waals surface area contributed by atoms with Crippen LogP contribution in [0.3, 0.4) is 0 Å². The first-order valence-electron chi connectivity index (χ1n) is 6.54. The molecule has 94 valence electrons. The molecule has 0 spiro atoms. The summed E-state index contributed by atoms with van der Waals surface area (Å²) in [6.07, 6.45) is 3.67. The predicted octanol–water partition coefficient (Wildman–Crippen LogP) is 4.47. The maximum absolute atomic E-state index is 3.19. The Morgan fingerprint density at radius 3 is 2.00 bits per heavy atom. The fraction of sp³-hybridized carbons (Fsp3) is 0.250. The van der Waals surface area contributed by atoms with Gasteiger partial charge in [-0.15, -0.1) is 0 Å². The van der Waals surface area contributed by atoms with Gasteiger partial charge in [-0.25, -0.2) is 0 Å². The Kier molecular flexibility index (Phi) is 4.65. The number of hydrazine groups is 1. The van der Waals surface area contributed by atoms with Crippen molar-refractivity contribution in [3.8, 4) is 0 Å². The molecule has 0 saturated carbocycles. The van der Waals surface area contributed by atoms with E-state index in [0.717, 1.165) is 11.4 Å². The summed E-state index contributed by atoms with van der Waals surface area (Å²) < 4.78 is 0. The molecule has 0 fully saturated rings. The fourth-order valence-electron chi connectivity index (χ4n) is 1.80. The van der Waals surface area contributed by atoms with Gasteiger partial charge in [0.05, 0.1) is 11.4 Å².